The number of fused-ring (bicyclic) bond motifs is 1. The summed E-state index contributed by atoms with van der Waals surface area (Å²) >= 11 is 0. The Morgan fingerprint density at radius 3 is 2.53 bits per heavy atom. The van der Waals surface area contributed by atoms with Gasteiger partial charge in [0.05, 0.1) is 23.1 Å². The van der Waals surface area contributed by atoms with Gasteiger partial charge in [0, 0.05) is 30.3 Å². The van der Waals surface area contributed by atoms with Gasteiger partial charge >= 0.3 is 6.18 Å². The van der Waals surface area contributed by atoms with Gasteiger partial charge in [0.25, 0.3) is 11.1 Å². The lowest BCUT2D eigenvalue weighted by Gasteiger charge is -2.20. The highest BCUT2D eigenvalue weighted by Gasteiger charge is 2.46. The lowest BCUT2D eigenvalue weighted by Crippen LogP contribution is -2.31. The molecule has 1 aromatic carbocycles. The van der Waals surface area contributed by atoms with Gasteiger partial charge in [-0.15, -0.1) is 0 Å². The molecule has 166 valence electrons. The van der Waals surface area contributed by atoms with E-state index in [2.05, 4.69) is 16.5 Å². The van der Waals surface area contributed by atoms with E-state index >= 15 is 0 Å². The Balaban J connectivity index is 1.84. The van der Waals surface area contributed by atoms with Crippen molar-refractivity contribution in [3.8, 4) is 6.07 Å². The van der Waals surface area contributed by atoms with Gasteiger partial charge in [0.1, 0.15) is 11.4 Å². The van der Waals surface area contributed by atoms with Crippen molar-refractivity contribution < 1.29 is 17.6 Å². The third kappa shape index (κ3) is 3.41. The molecule has 1 aliphatic rings. The van der Waals surface area contributed by atoms with E-state index in [1.54, 1.807) is 0 Å². The number of alkyl halides is 3. The molecule has 1 N–H and O–H groups in total. The summed E-state index contributed by atoms with van der Waals surface area (Å²) in [5.41, 5.74) is -3.71. The van der Waals surface area contributed by atoms with Crippen LogP contribution in [-0.2, 0) is 18.8 Å². The Kier molecular flexibility index (Phi) is 4.84. The molecule has 0 radical (unpaired) electrons. The second-order valence-corrected chi connectivity index (χ2v) is 7.80. The van der Waals surface area contributed by atoms with Crippen LogP contribution in [-0.4, -0.2) is 14.3 Å². The Bertz CT molecular complexity index is 1400. The van der Waals surface area contributed by atoms with Crippen molar-refractivity contribution >= 4 is 16.6 Å². The number of nitriles is 1. The van der Waals surface area contributed by atoms with E-state index in [9.17, 15) is 32.4 Å². The normalized spacial score (nSPS) is 15.9. The SMILES string of the molecule is C[C@@H](Nc1nn(C)c(=O)c2cc(=O)n(C3(C#N)CC3)cc12)c1cccc(C(F)(F)F)c1F. The Morgan fingerprint density at radius 1 is 1.25 bits per heavy atom. The second-order valence-electron chi connectivity index (χ2n) is 7.80. The maximum Gasteiger partial charge on any atom is 0.419 e. The summed E-state index contributed by atoms with van der Waals surface area (Å²) in [6, 6.07) is 5.22. The van der Waals surface area contributed by atoms with Crippen LogP contribution in [0, 0.1) is 17.1 Å². The number of pyridine rings is 1. The average Bonchev–Trinajstić information content (AvgIpc) is 3.52. The van der Waals surface area contributed by atoms with Crippen molar-refractivity contribution in [1.82, 2.24) is 14.3 Å². The van der Waals surface area contributed by atoms with E-state index in [-0.39, 0.29) is 22.2 Å². The summed E-state index contributed by atoms with van der Waals surface area (Å²) in [7, 11) is 1.35. The van der Waals surface area contributed by atoms with Crippen molar-refractivity contribution in [2.45, 2.75) is 37.5 Å². The van der Waals surface area contributed by atoms with Crippen molar-refractivity contribution in [3.63, 3.8) is 0 Å². The van der Waals surface area contributed by atoms with E-state index in [1.807, 2.05) is 0 Å². The van der Waals surface area contributed by atoms with E-state index in [0.29, 0.717) is 18.9 Å². The fourth-order valence-corrected chi connectivity index (χ4v) is 3.67. The van der Waals surface area contributed by atoms with Crippen molar-refractivity contribution in [2.75, 3.05) is 5.32 Å². The number of hydrogen-bond acceptors (Lipinski definition) is 5. The van der Waals surface area contributed by atoms with Gasteiger partial charge in [0.2, 0.25) is 0 Å². The minimum absolute atomic E-state index is 0.0247. The summed E-state index contributed by atoms with van der Waals surface area (Å²) in [5, 5.41) is 16.6. The predicted molar refractivity (Wildman–Crippen MR) is 108 cm³/mol. The highest BCUT2D eigenvalue weighted by Crippen LogP contribution is 2.42. The van der Waals surface area contributed by atoms with E-state index in [4.69, 9.17) is 0 Å². The van der Waals surface area contributed by atoms with Gasteiger partial charge in [-0.1, -0.05) is 12.1 Å². The minimum Gasteiger partial charge on any atom is -0.361 e. The summed E-state index contributed by atoms with van der Waals surface area (Å²) in [4.78, 5) is 25.1. The van der Waals surface area contributed by atoms with Gasteiger partial charge < -0.3 is 5.32 Å². The molecular weight excluding hydrogens is 430 g/mol. The first kappa shape index (κ1) is 21.5. The first-order valence-electron chi connectivity index (χ1n) is 9.66. The standard InChI is InChI=1S/C21H17F4N5O2/c1-11(12-4-3-5-15(17(12)22)21(23,24)25)27-18-14-9-30(20(10-26)6-7-20)16(31)8-13(14)19(32)29(2)28-18/h3-5,8-9,11H,6-7H2,1-2H3,(H,27,28)/t11-/m1/s1. The Morgan fingerprint density at radius 2 is 1.94 bits per heavy atom. The zero-order valence-corrected chi connectivity index (χ0v) is 17.0. The molecule has 2 aromatic heterocycles. The predicted octanol–water partition coefficient (Wildman–Crippen LogP) is 3.44. The molecule has 0 spiro atoms. The van der Waals surface area contributed by atoms with Crippen LogP contribution in [0.4, 0.5) is 23.4 Å². The third-order valence-corrected chi connectivity index (χ3v) is 5.63. The van der Waals surface area contributed by atoms with Crippen LogP contribution >= 0.6 is 0 Å². The molecule has 11 heteroatoms. The number of aromatic nitrogens is 3. The first-order valence-corrected chi connectivity index (χ1v) is 9.66. The highest BCUT2D eigenvalue weighted by atomic mass is 19.4. The van der Waals surface area contributed by atoms with Gasteiger partial charge in [0.15, 0.2) is 5.82 Å². The monoisotopic (exact) mass is 447 g/mol. The molecule has 4 rings (SSSR count). The van der Waals surface area contributed by atoms with Gasteiger partial charge in [-0.3, -0.25) is 14.2 Å². The number of nitrogens with zero attached hydrogens (tertiary/aromatic N) is 4. The third-order valence-electron chi connectivity index (χ3n) is 5.63. The van der Waals surface area contributed by atoms with Crippen LogP contribution < -0.4 is 16.4 Å². The number of halogens is 4. The number of nitrogens with one attached hydrogen (secondary N) is 1. The topological polar surface area (TPSA) is 92.7 Å². The number of anilines is 1. The number of rotatable bonds is 4. The van der Waals surface area contributed by atoms with Crippen LogP contribution in [0.25, 0.3) is 10.8 Å². The van der Waals surface area contributed by atoms with Gasteiger partial charge in [-0.25, -0.2) is 9.07 Å². The fraction of sp³-hybridized carbons (Fsp3) is 0.333. The smallest absolute Gasteiger partial charge is 0.361 e. The van der Waals surface area contributed by atoms with E-state index in [0.717, 1.165) is 16.8 Å². The molecule has 7 nitrogen and oxygen atoms in total. The van der Waals surface area contributed by atoms with Crippen LogP contribution in [0.1, 0.15) is 36.9 Å². The summed E-state index contributed by atoms with van der Waals surface area (Å²) in [6.45, 7) is 1.45. The van der Waals surface area contributed by atoms with E-state index < -0.39 is 40.3 Å². The number of benzene rings is 1. The van der Waals surface area contributed by atoms with Crippen LogP contribution in [0.15, 0.2) is 40.1 Å². The van der Waals surface area contributed by atoms with Gasteiger partial charge in [-0.05, 0) is 25.8 Å². The molecule has 1 atom stereocenters. The highest BCUT2D eigenvalue weighted by molar-refractivity contribution is 5.90. The first-order chi connectivity index (χ1) is 15.0. The molecule has 2 heterocycles. The Labute approximate surface area is 178 Å². The molecule has 1 saturated carbocycles. The molecule has 0 aliphatic heterocycles. The minimum atomic E-state index is -4.85. The molecule has 0 amide bonds. The maximum atomic E-state index is 14.6. The molecule has 0 bridgehead atoms. The molecule has 0 unspecified atom stereocenters. The lowest BCUT2D eigenvalue weighted by atomic mass is 10.0. The maximum absolute atomic E-state index is 14.6. The summed E-state index contributed by atoms with van der Waals surface area (Å²) in [5.74, 6) is -1.35. The van der Waals surface area contributed by atoms with Crippen molar-refractivity contribution in [1.29, 1.82) is 5.26 Å². The van der Waals surface area contributed by atoms with Crippen LogP contribution in [0.3, 0.4) is 0 Å². The zero-order valence-electron chi connectivity index (χ0n) is 17.0. The number of aryl methyl sites for hydroxylation is 1. The summed E-state index contributed by atoms with van der Waals surface area (Å²) in [6.07, 6.45) is -2.56. The molecule has 32 heavy (non-hydrogen) atoms. The Hall–Kier alpha value is -3.68. The van der Waals surface area contributed by atoms with E-state index in [1.165, 1.54) is 30.8 Å². The molecular formula is C21H17F4N5O2. The fourth-order valence-electron chi connectivity index (χ4n) is 3.67. The largest absolute Gasteiger partial charge is 0.419 e. The zero-order chi connectivity index (χ0) is 23.4. The average molecular weight is 447 g/mol. The van der Waals surface area contributed by atoms with Gasteiger partial charge in [-0.2, -0.15) is 23.5 Å². The second kappa shape index (κ2) is 7.19. The van der Waals surface area contributed by atoms with Crippen molar-refractivity contribution in [2.24, 2.45) is 7.05 Å². The lowest BCUT2D eigenvalue weighted by molar-refractivity contribution is -0.140. The molecule has 3 aromatic rings. The number of hydrogen-bond donors (Lipinski definition) is 1. The quantitative estimate of drug-likeness (QED) is 0.619. The van der Waals surface area contributed by atoms with Crippen LogP contribution in [0.2, 0.25) is 0 Å². The molecule has 0 saturated heterocycles. The molecule has 1 fully saturated rings. The van der Waals surface area contributed by atoms with Crippen LogP contribution in [0.5, 0.6) is 0 Å². The molecule has 1 aliphatic carbocycles. The van der Waals surface area contributed by atoms with Crippen molar-refractivity contribution in [3.05, 3.63) is 68.1 Å². The summed E-state index contributed by atoms with van der Waals surface area (Å²) < 4.78 is 56.1.